The largest absolute Gasteiger partial charge is 0.326 e. The Morgan fingerprint density at radius 3 is 2.71 bits per heavy atom. The molecule has 0 saturated heterocycles. The minimum absolute atomic E-state index is 0.611. The highest BCUT2D eigenvalue weighted by Crippen LogP contribution is 2.30. The predicted molar refractivity (Wildman–Crippen MR) is 75.8 cm³/mol. The maximum Gasteiger partial charge on any atom is 0.0247 e. The van der Waals surface area contributed by atoms with E-state index in [4.69, 9.17) is 5.73 Å². The summed E-state index contributed by atoms with van der Waals surface area (Å²) in [5, 5.41) is 0. The van der Waals surface area contributed by atoms with Gasteiger partial charge in [-0.3, -0.25) is 4.90 Å². The van der Waals surface area contributed by atoms with E-state index in [0.29, 0.717) is 6.54 Å². The van der Waals surface area contributed by atoms with E-state index >= 15 is 0 Å². The van der Waals surface area contributed by atoms with Crippen LogP contribution in [0.2, 0.25) is 0 Å². The van der Waals surface area contributed by atoms with Crippen LogP contribution in [-0.2, 0) is 13.1 Å². The number of rotatable bonds is 6. The van der Waals surface area contributed by atoms with Crippen molar-refractivity contribution in [2.75, 3.05) is 6.54 Å². The highest BCUT2D eigenvalue weighted by Gasteiger charge is 2.28. The summed E-state index contributed by atoms with van der Waals surface area (Å²) in [6.45, 7) is 5.13. The molecule has 0 atom stereocenters. The molecule has 3 heteroatoms. The summed E-state index contributed by atoms with van der Waals surface area (Å²) in [4.78, 5) is 2.60. The third-order valence-corrected chi connectivity index (χ3v) is 4.04. The molecule has 1 aliphatic rings. The molecular weight excluding hydrogens is 276 g/mol. The van der Waals surface area contributed by atoms with Gasteiger partial charge in [-0.05, 0) is 43.0 Å². The molecule has 0 aliphatic heterocycles. The van der Waals surface area contributed by atoms with E-state index < -0.39 is 0 Å². The molecule has 2 nitrogen and oxygen atoms in total. The average molecular weight is 297 g/mol. The Morgan fingerprint density at radius 1 is 1.41 bits per heavy atom. The fraction of sp³-hybridized carbons (Fsp3) is 0.571. The molecule has 1 aliphatic carbocycles. The van der Waals surface area contributed by atoms with E-state index in [1.54, 1.807) is 0 Å². The number of nitrogens with two attached hydrogens (primary N) is 1. The second kappa shape index (κ2) is 5.98. The third kappa shape index (κ3) is 3.54. The van der Waals surface area contributed by atoms with Crippen molar-refractivity contribution in [3.05, 3.63) is 33.8 Å². The average Bonchev–Trinajstić information content (AvgIpc) is 3.14. The number of hydrogen-bond donors (Lipinski definition) is 1. The summed E-state index contributed by atoms with van der Waals surface area (Å²) in [5.74, 6) is 0. The zero-order chi connectivity index (χ0) is 12.3. The highest BCUT2D eigenvalue weighted by molar-refractivity contribution is 9.10. The molecule has 0 radical (unpaired) electrons. The van der Waals surface area contributed by atoms with Crippen molar-refractivity contribution in [3.8, 4) is 0 Å². The van der Waals surface area contributed by atoms with Crippen molar-refractivity contribution < 1.29 is 0 Å². The quantitative estimate of drug-likeness (QED) is 0.873. The molecule has 1 saturated carbocycles. The van der Waals surface area contributed by atoms with Crippen molar-refractivity contribution in [1.82, 2.24) is 4.90 Å². The van der Waals surface area contributed by atoms with Crippen molar-refractivity contribution >= 4 is 15.9 Å². The maximum atomic E-state index is 5.64. The molecule has 17 heavy (non-hydrogen) atoms. The van der Waals surface area contributed by atoms with E-state index in [9.17, 15) is 0 Å². The van der Waals surface area contributed by atoms with Crippen LogP contribution >= 0.6 is 15.9 Å². The van der Waals surface area contributed by atoms with Crippen molar-refractivity contribution in [1.29, 1.82) is 0 Å². The van der Waals surface area contributed by atoms with E-state index in [2.05, 4.69) is 46.0 Å². The number of nitrogens with zero attached hydrogens (tertiary/aromatic N) is 1. The first-order chi connectivity index (χ1) is 8.24. The van der Waals surface area contributed by atoms with Crippen LogP contribution < -0.4 is 5.73 Å². The van der Waals surface area contributed by atoms with E-state index in [-0.39, 0.29) is 0 Å². The lowest BCUT2D eigenvalue weighted by atomic mass is 10.1. The van der Waals surface area contributed by atoms with Crippen LogP contribution in [0.1, 0.15) is 37.3 Å². The van der Waals surface area contributed by atoms with Gasteiger partial charge in [-0.15, -0.1) is 0 Å². The Bertz CT molecular complexity index is 374. The summed E-state index contributed by atoms with van der Waals surface area (Å²) in [6, 6.07) is 7.32. The first-order valence-corrected chi connectivity index (χ1v) is 7.25. The highest BCUT2D eigenvalue weighted by atomic mass is 79.9. The second-order valence-electron chi connectivity index (χ2n) is 4.83. The lowest BCUT2D eigenvalue weighted by Gasteiger charge is -2.22. The van der Waals surface area contributed by atoms with Gasteiger partial charge >= 0.3 is 0 Å². The minimum Gasteiger partial charge on any atom is -0.326 e. The van der Waals surface area contributed by atoms with Gasteiger partial charge in [0, 0.05) is 23.6 Å². The molecule has 2 N–H and O–H groups in total. The fourth-order valence-electron chi connectivity index (χ4n) is 2.18. The first kappa shape index (κ1) is 13.1. The smallest absolute Gasteiger partial charge is 0.0247 e. The Kier molecular flexibility index (Phi) is 4.60. The van der Waals surface area contributed by atoms with E-state index in [1.807, 2.05) is 0 Å². The van der Waals surface area contributed by atoms with E-state index in [1.165, 1.54) is 41.4 Å². The maximum absolute atomic E-state index is 5.64. The predicted octanol–water partition coefficient (Wildman–Crippen LogP) is 3.28. The number of halogens is 1. The fourth-order valence-corrected chi connectivity index (χ4v) is 2.73. The molecule has 0 bridgehead atoms. The SMILES string of the molecule is CCCN(Cc1ccc(CN)cc1Br)C1CC1. The summed E-state index contributed by atoms with van der Waals surface area (Å²) >= 11 is 3.65. The molecule has 0 aromatic heterocycles. The Balaban J connectivity index is 2.05. The standard InChI is InChI=1S/C14H21BrN2/c1-2-7-17(13-5-6-13)10-12-4-3-11(9-16)8-14(12)15/h3-4,8,13H,2,5-7,9-10,16H2,1H3. The summed E-state index contributed by atoms with van der Waals surface area (Å²) in [5.41, 5.74) is 8.21. The van der Waals surface area contributed by atoms with Gasteiger partial charge in [0.05, 0.1) is 0 Å². The minimum atomic E-state index is 0.611. The zero-order valence-electron chi connectivity index (χ0n) is 10.5. The van der Waals surface area contributed by atoms with Gasteiger partial charge in [0.2, 0.25) is 0 Å². The summed E-state index contributed by atoms with van der Waals surface area (Å²) in [7, 11) is 0. The van der Waals surface area contributed by atoms with E-state index in [0.717, 1.165) is 12.6 Å². The van der Waals surface area contributed by atoms with Crippen LogP contribution in [-0.4, -0.2) is 17.5 Å². The van der Waals surface area contributed by atoms with Crippen molar-refractivity contribution in [2.45, 2.75) is 45.3 Å². The van der Waals surface area contributed by atoms with Gasteiger partial charge in [0.25, 0.3) is 0 Å². The molecule has 2 rings (SSSR count). The van der Waals surface area contributed by atoms with Crippen LogP contribution in [0.5, 0.6) is 0 Å². The van der Waals surface area contributed by atoms with Gasteiger partial charge in [-0.1, -0.05) is 35.0 Å². The van der Waals surface area contributed by atoms with Crippen LogP contribution in [0, 0.1) is 0 Å². The molecule has 0 amide bonds. The third-order valence-electron chi connectivity index (χ3n) is 3.30. The lowest BCUT2D eigenvalue weighted by Crippen LogP contribution is -2.26. The van der Waals surface area contributed by atoms with Crippen molar-refractivity contribution in [2.24, 2.45) is 5.73 Å². The van der Waals surface area contributed by atoms with Crippen LogP contribution in [0.25, 0.3) is 0 Å². The Labute approximate surface area is 112 Å². The second-order valence-corrected chi connectivity index (χ2v) is 5.69. The Hall–Kier alpha value is -0.380. The molecule has 1 fully saturated rings. The molecule has 0 heterocycles. The first-order valence-electron chi connectivity index (χ1n) is 6.46. The van der Waals surface area contributed by atoms with Crippen LogP contribution in [0.15, 0.2) is 22.7 Å². The van der Waals surface area contributed by atoms with Gasteiger partial charge in [-0.25, -0.2) is 0 Å². The number of hydrogen-bond acceptors (Lipinski definition) is 2. The molecule has 94 valence electrons. The lowest BCUT2D eigenvalue weighted by molar-refractivity contribution is 0.255. The summed E-state index contributed by atoms with van der Waals surface area (Å²) in [6.07, 6.45) is 3.98. The molecule has 1 aromatic carbocycles. The van der Waals surface area contributed by atoms with Gasteiger partial charge in [-0.2, -0.15) is 0 Å². The zero-order valence-corrected chi connectivity index (χ0v) is 12.0. The molecule has 1 aromatic rings. The van der Waals surface area contributed by atoms with Crippen LogP contribution in [0.4, 0.5) is 0 Å². The number of benzene rings is 1. The molecular formula is C14H21BrN2. The summed E-state index contributed by atoms with van der Waals surface area (Å²) < 4.78 is 1.20. The molecule has 0 spiro atoms. The van der Waals surface area contributed by atoms with Crippen LogP contribution in [0.3, 0.4) is 0 Å². The normalized spacial score (nSPS) is 15.5. The Morgan fingerprint density at radius 2 is 2.18 bits per heavy atom. The monoisotopic (exact) mass is 296 g/mol. The topological polar surface area (TPSA) is 29.3 Å². The van der Waals surface area contributed by atoms with Gasteiger partial charge < -0.3 is 5.73 Å². The van der Waals surface area contributed by atoms with Gasteiger partial charge in [0.1, 0.15) is 0 Å². The molecule has 0 unspecified atom stereocenters. The van der Waals surface area contributed by atoms with Gasteiger partial charge in [0.15, 0.2) is 0 Å². The van der Waals surface area contributed by atoms with Crippen molar-refractivity contribution in [3.63, 3.8) is 0 Å².